The molecule has 0 bridgehead atoms. The normalized spacial score (nSPS) is 14.9. The standard InChI is InChI=1S/C14H18N2O4/c15-10-4-5-11(14(18)19)12(8-10)20-9-13(17)16-6-2-1-3-7-16/h4-5,8H,1-3,6-7,9,15H2,(H,18,19). The number of carbonyl (C=O) groups is 2. The van der Waals surface area contributed by atoms with Crippen LogP contribution in [-0.4, -0.2) is 41.6 Å². The predicted molar refractivity (Wildman–Crippen MR) is 73.7 cm³/mol. The summed E-state index contributed by atoms with van der Waals surface area (Å²) >= 11 is 0. The summed E-state index contributed by atoms with van der Waals surface area (Å²) in [5, 5.41) is 9.05. The molecule has 6 heteroatoms. The zero-order chi connectivity index (χ0) is 14.5. The van der Waals surface area contributed by atoms with Crippen molar-refractivity contribution in [2.75, 3.05) is 25.4 Å². The molecule has 0 atom stereocenters. The summed E-state index contributed by atoms with van der Waals surface area (Å²) in [6.45, 7) is 1.32. The van der Waals surface area contributed by atoms with Crippen LogP contribution in [0.15, 0.2) is 18.2 Å². The van der Waals surface area contributed by atoms with Crippen molar-refractivity contribution in [2.24, 2.45) is 0 Å². The van der Waals surface area contributed by atoms with E-state index in [-0.39, 0.29) is 23.8 Å². The molecule has 6 nitrogen and oxygen atoms in total. The summed E-state index contributed by atoms with van der Waals surface area (Å²) in [5.74, 6) is -1.10. The Morgan fingerprint density at radius 3 is 2.60 bits per heavy atom. The smallest absolute Gasteiger partial charge is 0.339 e. The first kappa shape index (κ1) is 14.2. The lowest BCUT2D eigenvalue weighted by Gasteiger charge is -2.26. The van der Waals surface area contributed by atoms with Crippen molar-refractivity contribution < 1.29 is 19.4 Å². The number of carbonyl (C=O) groups excluding carboxylic acids is 1. The molecule has 1 aromatic carbocycles. The molecule has 0 unspecified atom stereocenters. The molecule has 0 radical (unpaired) electrons. The molecule has 1 amide bonds. The number of piperidine rings is 1. The molecule has 1 aliphatic rings. The molecule has 1 aliphatic heterocycles. The Bertz CT molecular complexity index is 510. The number of hydrogen-bond donors (Lipinski definition) is 2. The number of benzene rings is 1. The van der Waals surface area contributed by atoms with Crippen LogP contribution in [0.25, 0.3) is 0 Å². The van der Waals surface area contributed by atoms with E-state index >= 15 is 0 Å². The van der Waals surface area contributed by atoms with E-state index in [0.29, 0.717) is 5.69 Å². The number of likely N-dealkylation sites (tertiary alicyclic amines) is 1. The molecular formula is C14H18N2O4. The number of carboxylic acids is 1. The second kappa shape index (κ2) is 6.27. The number of amides is 1. The molecule has 0 saturated carbocycles. The van der Waals surface area contributed by atoms with Gasteiger partial charge in [-0.3, -0.25) is 4.79 Å². The zero-order valence-corrected chi connectivity index (χ0v) is 11.2. The lowest BCUT2D eigenvalue weighted by atomic mass is 10.1. The maximum atomic E-state index is 12.0. The number of hydrogen-bond acceptors (Lipinski definition) is 4. The third-order valence-electron chi connectivity index (χ3n) is 3.30. The summed E-state index contributed by atoms with van der Waals surface area (Å²) in [4.78, 5) is 24.8. The quantitative estimate of drug-likeness (QED) is 0.811. The van der Waals surface area contributed by atoms with Gasteiger partial charge in [-0.15, -0.1) is 0 Å². The number of nitrogens with zero attached hydrogens (tertiary/aromatic N) is 1. The first-order chi connectivity index (χ1) is 9.58. The number of rotatable bonds is 4. The van der Waals surface area contributed by atoms with Crippen molar-refractivity contribution in [1.29, 1.82) is 0 Å². The molecular weight excluding hydrogens is 260 g/mol. The summed E-state index contributed by atoms with van der Waals surface area (Å²) in [6.07, 6.45) is 3.15. The van der Waals surface area contributed by atoms with Gasteiger partial charge in [0.15, 0.2) is 6.61 Å². The second-order valence-electron chi connectivity index (χ2n) is 4.79. The minimum Gasteiger partial charge on any atom is -0.483 e. The van der Waals surface area contributed by atoms with Gasteiger partial charge in [0.1, 0.15) is 11.3 Å². The fourth-order valence-electron chi connectivity index (χ4n) is 2.21. The van der Waals surface area contributed by atoms with Gasteiger partial charge < -0.3 is 20.5 Å². The third-order valence-corrected chi connectivity index (χ3v) is 3.30. The van der Waals surface area contributed by atoms with E-state index in [1.807, 2.05) is 0 Å². The van der Waals surface area contributed by atoms with Crippen LogP contribution in [0.4, 0.5) is 5.69 Å². The van der Waals surface area contributed by atoms with Crippen molar-refractivity contribution >= 4 is 17.6 Å². The summed E-state index contributed by atoms with van der Waals surface area (Å²) < 4.78 is 5.34. The lowest BCUT2D eigenvalue weighted by molar-refractivity contribution is -0.134. The van der Waals surface area contributed by atoms with Crippen LogP contribution in [0.1, 0.15) is 29.6 Å². The highest BCUT2D eigenvalue weighted by Crippen LogP contribution is 2.22. The van der Waals surface area contributed by atoms with Gasteiger partial charge in [-0.25, -0.2) is 4.79 Å². The molecule has 2 rings (SSSR count). The Labute approximate surface area is 117 Å². The summed E-state index contributed by atoms with van der Waals surface area (Å²) in [6, 6.07) is 4.29. The monoisotopic (exact) mass is 278 g/mol. The summed E-state index contributed by atoms with van der Waals surface area (Å²) in [5.41, 5.74) is 6.01. The average molecular weight is 278 g/mol. The lowest BCUT2D eigenvalue weighted by Crippen LogP contribution is -2.38. The van der Waals surface area contributed by atoms with Crippen LogP contribution < -0.4 is 10.5 Å². The number of aromatic carboxylic acids is 1. The Morgan fingerprint density at radius 1 is 1.25 bits per heavy atom. The second-order valence-corrected chi connectivity index (χ2v) is 4.79. The highest BCUT2D eigenvalue weighted by atomic mass is 16.5. The van der Waals surface area contributed by atoms with Crippen LogP contribution in [0.2, 0.25) is 0 Å². The average Bonchev–Trinajstić information content (AvgIpc) is 2.45. The van der Waals surface area contributed by atoms with Gasteiger partial charge >= 0.3 is 5.97 Å². The maximum Gasteiger partial charge on any atom is 0.339 e. The van der Waals surface area contributed by atoms with E-state index in [1.54, 1.807) is 4.90 Å². The first-order valence-electron chi connectivity index (χ1n) is 6.61. The topological polar surface area (TPSA) is 92.9 Å². The molecule has 1 fully saturated rings. The number of nitrogen functional groups attached to an aromatic ring is 1. The van der Waals surface area contributed by atoms with Gasteiger partial charge in [-0.2, -0.15) is 0 Å². The number of anilines is 1. The Balaban J connectivity index is 2.01. The van der Waals surface area contributed by atoms with Crippen molar-refractivity contribution in [2.45, 2.75) is 19.3 Å². The highest BCUT2D eigenvalue weighted by Gasteiger charge is 2.18. The van der Waals surface area contributed by atoms with Crippen molar-refractivity contribution in [3.63, 3.8) is 0 Å². The number of carboxylic acid groups (broad SMARTS) is 1. The Hall–Kier alpha value is -2.24. The molecule has 0 spiro atoms. The van der Waals surface area contributed by atoms with Crippen LogP contribution in [-0.2, 0) is 4.79 Å². The van der Waals surface area contributed by atoms with E-state index in [0.717, 1.165) is 32.4 Å². The van der Waals surface area contributed by atoms with Crippen molar-refractivity contribution in [1.82, 2.24) is 4.90 Å². The molecule has 1 aromatic rings. The van der Waals surface area contributed by atoms with Gasteiger partial charge in [0.05, 0.1) is 0 Å². The van der Waals surface area contributed by atoms with Crippen molar-refractivity contribution in [3.05, 3.63) is 23.8 Å². The van der Waals surface area contributed by atoms with E-state index in [1.165, 1.54) is 18.2 Å². The zero-order valence-electron chi connectivity index (χ0n) is 11.2. The predicted octanol–water partition coefficient (Wildman–Crippen LogP) is 1.36. The largest absolute Gasteiger partial charge is 0.483 e. The molecule has 1 saturated heterocycles. The van der Waals surface area contributed by atoms with Gasteiger partial charge in [0, 0.05) is 24.8 Å². The first-order valence-corrected chi connectivity index (χ1v) is 6.61. The number of nitrogens with two attached hydrogens (primary N) is 1. The van der Waals surface area contributed by atoms with Crippen LogP contribution >= 0.6 is 0 Å². The SMILES string of the molecule is Nc1ccc(C(=O)O)c(OCC(=O)N2CCCCC2)c1. The molecule has 1 heterocycles. The van der Waals surface area contributed by atoms with E-state index < -0.39 is 5.97 Å². The molecule has 20 heavy (non-hydrogen) atoms. The van der Waals surface area contributed by atoms with Gasteiger partial charge in [-0.1, -0.05) is 0 Å². The van der Waals surface area contributed by atoms with Crippen LogP contribution in [0, 0.1) is 0 Å². The minimum absolute atomic E-state index is 0.00523. The van der Waals surface area contributed by atoms with Crippen LogP contribution in [0.3, 0.4) is 0 Å². The highest BCUT2D eigenvalue weighted by molar-refractivity contribution is 5.91. The Morgan fingerprint density at radius 2 is 1.95 bits per heavy atom. The molecule has 108 valence electrons. The fraction of sp³-hybridized carbons (Fsp3) is 0.429. The van der Waals surface area contributed by atoms with E-state index in [4.69, 9.17) is 15.6 Å². The van der Waals surface area contributed by atoms with Gasteiger partial charge in [0.25, 0.3) is 5.91 Å². The maximum absolute atomic E-state index is 12.0. The molecule has 0 aromatic heterocycles. The Kier molecular flexibility index (Phi) is 4.45. The van der Waals surface area contributed by atoms with Crippen molar-refractivity contribution in [3.8, 4) is 5.75 Å². The van der Waals surface area contributed by atoms with Crippen LogP contribution in [0.5, 0.6) is 5.75 Å². The molecule has 0 aliphatic carbocycles. The molecule has 3 N–H and O–H groups in total. The minimum atomic E-state index is -1.11. The van der Waals surface area contributed by atoms with Gasteiger partial charge in [-0.05, 0) is 31.4 Å². The van der Waals surface area contributed by atoms with E-state index in [9.17, 15) is 9.59 Å². The fourth-order valence-corrected chi connectivity index (χ4v) is 2.21. The third kappa shape index (κ3) is 3.40. The van der Waals surface area contributed by atoms with E-state index in [2.05, 4.69) is 0 Å². The van der Waals surface area contributed by atoms with Gasteiger partial charge in [0.2, 0.25) is 0 Å². The summed E-state index contributed by atoms with van der Waals surface area (Å²) in [7, 11) is 0. The number of ether oxygens (including phenoxy) is 1.